The highest BCUT2D eigenvalue weighted by atomic mass is 19.1. The fraction of sp³-hybridized carbons (Fsp3) is 0.364. The Morgan fingerprint density at radius 2 is 2.23 bits per heavy atom. The van der Waals surface area contributed by atoms with Gasteiger partial charge in [-0.3, -0.25) is 4.79 Å². The van der Waals surface area contributed by atoms with Crippen molar-refractivity contribution in [3.05, 3.63) is 35.6 Å². The molecular weight excluding hydrogens is 167 g/mol. The molecule has 1 nitrogen and oxygen atoms in total. The smallest absolute Gasteiger partial charge is 0.132 e. The molecule has 13 heavy (non-hydrogen) atoms. The molecule has 0 aromatic heterocycles. The molecule has 0 saturated heterocycles. The van der Waals surface area contributed by atoms with E-state index in [1.54, 1.807) is 6.07 Å². The molecule has 0 radical (unpaired) electrons. The van der Waals surface area contributed by atoms with Crippen LogP contribution in [0.5, 0.6) is 0 Å². The number of carbonyl (C=O) groups excluding carboxylic acids is 1. The van der Waals surface area contributed by atoms with Gasteiger partial charge in [0, 0.05) is 12.8 Å². The first-order chi connectivity index (χ1) is 6.22. The van der Waals surface area contributed by atoms with E-state index in [0.29, 0.717) is 19.3 Å². The number of Topliss-reactive ketones (excluding diaryl/α,β-unsaturated/α-hetero) is 1. The van der Waals surface area contributed by atoms with Gasteiger partial charge in [0.25, 0.3) is 0 Å². The third-order valence-corrected chi connectivity index (χ3v) is 1.98. The van der Waals surface area contributed by atoms with Crippen molar-refractivity contribution in [3.63, 3.8) is 0 Å². The van der Waals surface area contributed by atoms with Crippen molar-refractivity contribution in [1.29, 1.82) is 0 Å². The Labute approximate surface area is 77.6 Å². The molecule has 1 rings (SSSR count). The van der Waals surface area contributed by atoms with Crippen LogP contribution < -0.4 is 0 Å². The molecule has 0 saturated carbocycles. The fourth-order valence-corrected chi connectivity index (χ4v) is 1.15. The van der Waals surface area contributed by atoms with Gasteiger partial charge >= 0.3 is 0 Å². The lowest BCUT2D eigenvalue weighted by atomic mass is 10.1. The minimum Gasteiger partial charge on any atom is -0.300 e. The van der Waals surface area contributed by atoms with Gasteiger partial charge in [0.05, 0.1) is 0 Å². The maximum atomic E-state index is 12.7. The van der Waals surface area contributed by atoms with E-state index >= 15 is 0 Å². The molecule has 0 unspecified atom stereocenters. The van der Waals surface area contributed by atoms with Crippen LogP contribution in [0.4, 0.5) is 4.39 Å². The van der Waals surface area contributed by atoms with Gasteiger partial charge in [0.15, 0.2) is 0 Å². The molecule has 0 bridgehead atoms. The summed E-state index contributed by atoms with van der Waals surface area (Å²) in [6, 6.07) is 6.39. The average Bonchev–Trinajstić information content (AvgIpc) is 2.14. The second-order valence-corrected chi connectivity index (χ2v) is 3.02. The molecule has 1 aromatic rings. The lowest BCUT2D eigenvalue weighted by Gasteiger charge is -1.99. The van der Waals surface area contributed by atoms with Gasteiger partial charge in [-0.2, -0.15) is 0 Å². The average molecular weight is 180 g/mol. The minimum atomic E-state index is -0.235. The highest BCUT2D eigenvalue weighted by molar-refractivity contribution is 5.78. The first-order valence-electron chi connectivity index (χ1n) is 4.48. The molecule has 0 spiro atoms. The van der Waals surface area contributed by atoms with Crippen LogP contribution in [0.15, 0.2) is 24.3 Å². The van der Waals surface area contributed by atoms with E-state index < -0.39 is 0 Å². The van der Waals surface area contributed by atoms with Crippen LogP contribution in [0, 0.1) is 5.82 Å². The van der Waals surface area contributed by atoms with Gasteiger partial charge in [0.2, 0.25) is 0 Å². The van der Waals surface area contributed by atoms with Crippen molar-refractivity contribution in [3.8, 4) is 0 Å². The summed E-state index contributed by atoms with van der Waals surface area (Å²) in [5.74, 6) is -0.00860. The van der Waals surface area contributed by atoms with Crippen molar-refractivity contribution in [1.82, 2.24) is 0 Å². The number of halogens is 1. The van der Waals surface area contributed by atoms with Crippen molar-refractivity contribution >= 4 is 5.78 Å². The van der Waals surface area contributed by atoms with E-state index in [-0.39, 0.29) is 11.6 Å². The summed E-state index contributed by atoms with van der Waals surface area (Å²) in [6.07, 6.45) is 1.72. The predicted molar refractivity (Wildman–Crippen MR) is 50.0 cm³/mol. The van der Waals surface area contributed by atoms with E-state index in [1.165, 1.54) is 12.1 Å². The van der Waals surface area contributed by atoms with Gasteiger partial charge in [-0.25, -0.2) is 4.39 Å². The summed E-state index contributed by atoms with van der Waals surface area (Å²) in [4.78, 5) is 11.0. The van der Waals surface area contributed by atoms with Crippen LogP contribution in [0.1, 0.15) is 25.3 Å². The first kappa shape index (κ1) is 9.90. The van der Waals surface area contributed by atoms with Crippen LogP contribution >= 0.6 is 0 Å². The second kappa shape index (κ2) is 4.75. The monoisotopic (exact) mass is 180 g/mol. The topological polar surface area (TPSA) is 17.1 Å². The van der Waals surface area contributed by atoms with Gasteiger partial charge < -0.3 is 0 Å². The van der Waals surface area contributed by atoms with Crippen molar-refractivity contribution in [2.75, 3.05) is 0 Å². The molecule has 0 fully saturated rings. The predicted octanol–water partition coefficient (Wildman–Crippen LogP) is 2.74. The van der Waals surface area contributed by atoms with E-state index in [1.807, 2.05) is 13.0 Å². The molecule has 2 heteroatoms. The molecule has 1 aromatic carbocycles. The third-order valence-electron chi connectivity index (χ3n) is 1.98. The Morgan fingerprint density at radius 3 is 2.85 bits per heavy atom. The zero-order valence-corrected chi connectivity index (χ0v) is 7.72. The number of carbonyl (C=O) groups is 1. The van der Waals surface area contributed by atoms with Crippen LogP contribution in [0.3, 0.4) is 0 Å². The number of aryl methyl sites for hydroxylation is 1. The summed E-state index contributed by atoms with van der Waals surface area (Å²) in [5.41, 5.74) is 0.891. The molecule has 0 atom stereocenters. The van der Waals surface area contributed by atoms with E-state index in [9.17, 15) is 9.18 Å². The van der Waals surface area contributed by atoms with Gasteiger partial charge in [-0.05, 0) is 24.1 Å². The largest absolute Gasteiger partial charge is 0.300 e. The number of ketones is 1. The first-order valence-corrected chi connectivity index (χ1v) is 4.48. The van der Waals surface area contributed by atoms with Gasteiger partial charge in [-0.1, -0.05) is 19.1 Å². The van der Waals surface area contributed by atoms with E-state index in [4.69, 9.17) is 0 Å². The zero-order valence-electron chi connectivity index (χ0n) is 7.72. The highest BCUT2D eigenvalue weighted by Gasteiger charge is 2.00. The summed E-state index contributed by atoms with van der Waals surface area (Å²) in [5, 5.41) is 0. The van der Waals surface area contributed by atoms with Crippen molar-refractivity contribution < 1.29 is 9.18 Å². The van der Waals surface area contributed by atoms with E-state index in [2.05, 4.69) is 0 Å². The quantitative estimate of drug-likeness (QED) is 0.696. The molecule has 0 aliphatic rings. The Bertz CT molecular complexity index is 294. The Hall–Kier alpha value is -1.18. The normalized spacial score (nSPS) is 10.0. The summed E-state index contributed by atoms with van der Waals surface area (Å²) in [7, 11) is 0. The minimum absolute atomic E-state index is 0.226. The van der Waals surface area contributed by atoms with E-state index in [0.717, 1.165) is 5.56 Å². The zero-order chi connectivity index (χ0) is 9.68. The molecule has 0 aliphatic carbocycles. The molecule has 0 aliphatic heterocycles. The molecule has 0 amide bonds. The fourth-order valence-electron chi connectivity index (χ4n) is 1.15. The number of rotatable bonds is 4. The lowest BCUT2D eigenvalue weighted by molar-refractivity contribution is -0.118. The maximum absolute atomic E-state index is 12.7. The number of benzene rings is 1. The summed E-state index contributed by atoms with van der Waals surface area (Å²) in [6.45, 7) is 1.84. The summed E-state index contributed by atoms with van der Waals surface area (Å²) >= 11 is 0. The molecule has 0 N–H and O–H groups in total. The molecule has 70 valence electrons. The third kappa shape index (κ3) is 3.36. The molecule has 0 heterocycles. The lowest BCUT2D eigenvalue weighted by Crippen LogP contribution is -1.97. The van der Waals surface area contributed by atoms with Gasteiger partial charge in [-0.15, -0.1) is 0 Å². The molecular formula is C11H13FO. The number of hydrogen-bond acceptors (Lipinski definition) is 1. The van der Waals surface area contributed by atoms with Crippen LogP contribution in [-0.4, -0.2) is 5.78 Å². The Kier molecular flexibility index (Phi) is 3.62. The Balaban J connectivity index is 2.50. The highest BCUT2D eigenvalue weighted by Crippen LogP contribution is 2.06. The van der Waals surface area contributed by atoms with Crippen LogP contribution in [0.2, 0.25) is 0 Å². The van der Waals surface area contributed by atoms with Gasteiger partial charge in [0.1, 0.15) is 11.6 Å². The number of hydrogen-bond donors (Lipinski definition) is 0. The van der Waals surface area contributed by atoms with Crippen LogP contribution in [0.25, 0.3) is 0 Å². The van der Waals surface area contributed by atoms with Crippen molar-refractivity contribution in [2.24, 2.45) is 0 Å². The standard InChI is InChI=1S/C11H13FO/c1-2-11(13)7-6-9-4-3-5-10(12)8-9/h3-5,8H,2,6-7H2,1H3. The Morgan fingerprint density at radius 1 is 1.46 bits per heavy atom. The summed E-state index contributed by atoms with van der Waals surface area (Å²) < 4.78 is 12.7. The van der Waals surface area contributed by atoms with Crippen LogP contribution in [-0.2, 0) is 11.2 Å². The second-order valence-electron chi connectivity index (χ2n) is 3.02. The van der Waals surface area contributed by atoms with Crippen molar-refractivity contribution in [2.45, 2.75) is 26.2 Å². The SMILES string of the molecule is CCC(=O)CCc1cccc(F)c1. The maximum Gasteiger partial charge on any atom is 0.132 e.